The van der Waals surface area contributed by atoms with E-state index in [1.54, 1.807) is 36.5 Å². The Labute approximate surface area is 220 Å². The number of carbonyl (C=O) groups is 2. The highest BCUT2D eigenvalue weighted by atomic mass is 35.5. The van der Waals surface area contributed by atoms with Crippen molar-refractivity contribution in [1.82, 2.24) is 15.3 Å². The van der Waals surface area contributed by atoms with Gasteiger partial charge in [-0.05, 0) is 67.3 Å². The molecule has 1 unspecified atom stereocenters. The van der Waals surface area contributed by atoms with Crippen molar-refractivity contribution in [2.75, 3.05) is 11.4 Å². The van der Waals surface area contributed by atoms with Gasteiger partial charge in [-0.15, -0.1) is 0 Å². The van der Waals surface area contributed by atoms with Gasteiger partial charge in [0.2, 0.25) is 0 Å². The summed E-state index contributed by atoms with van der Waals surface area (Å²) in [6.07, 6.45) is -2.31. The number of aryl methyl sites for hydroxylation is 1. The summed E-state index contributed by atoms with van der Waals surface area (Å²) < 4.78 is 46.4. The zero-order valence-corrected chi connectivity index (χ0v) is 20.9. The van der Waals surface area contributed by atoms with Crippen LogP contribution < -0.4 is 10.2 Å². The molecule has 0 bridgehead atoms. The summed E-state index contributed by atoms with van der Waals surface area (Å²) in [5.74, 6) is -1.54. The van der Waals surface area contributed by atoms with Crippen LogP contribution in [0.4, 0.5) is 29.1 Å². The number of carboxylic acids is 1. The Morgan fingerprint density at radius 2 is 1.79 bits per heavy atom. The molecular formula is C26H23ClF4N4O3. The van der Waals surface area contributed by atoms with Gasteiger partial charge in [0.15, 0.2) is 0 Å². The van der Waals surface area contributed by atoms with Crippen molar-refractivity contribution >= 4 is 35.0 Å². The van der Waals surface area contributed by atoms with Gasteiger partial charge in [0, 0.05) is 28.9 Å². The molecular weight excluding hydrogens is 528 g/mol. The molecule has 2 N–H and O–H groups in total. The molecule has 1 amide bonds. The van der Waals surface area contributed by atoms with Crippen molar-refractivity contribution in [2.45, 2.75) is 44.1 Å². The molecule has 0 spiro atoms. The maximum Gasteiger partial charge on any atom is 0.490 e. The summed E-state index contributed by atoms with van der Waals surface area (Å²) in [4.78, 5) is 32.2. The van der Waals surface area contributed by atoms with Crippen molar-refractivity contribution in [3.8, 4) is 0 Å². The van der Waals surface area contributed by atoms with E-state index in [-0.39, 0.29) is 12.5 Å². The van der Waals surface area contributed by atoms with E-state index in [2.05, 4.69) is 15.3 Å². The van der Waals surface area contributed by atoms with E-state index in [0.717, 1.165) is 29.7 Å². The lowest BCUT2D eigenvalue weighted by molar-refractivity contribution is -0.192. The van der Waals surface area contributed by atoms with E-state index < -0.39 is 23.9 Å². The first-order valence-electron chi connectivity index (χ1n) is 11.6. The predicted molar refractivity (Wildman–Crippen MR) is 132 cm³/mol. The van der Waals surface area contributed by atoms with Crippen LogP contribution in [0.1, 0.15) is 40.2 Å². The number of rotatable bonds is 4. The second kappa shape index (κ2) is 10.6. The number of carbonyl (C=O) groups excluding carboxylic acids is 1. The lowest BCUT2D eigenvalue weighted by Gasteiger charge is -2.33. The number of hydrogen-bond donors (Lipinski definition) is 2. The molecule has 2 heterocycles. The molecule has 12 heteroatoms. The largest absolute Gasteiger partial charge is 0.490 e. The van der Waals surface area contributed by atoms with Gasteiger partial charge in [-0.1, -0.05) is 23.7 Å². The fourth-order valence-corrected chi connectivity index (χ4v) is 4.35. The highest BCUT2D eigenvalue weighted by Gasteiger charge is 2.46. The van der Waals surface area contributed by atoms with Crippen LogP contribution in [0.25, 0.3) is 0 Å². The summed E-state index contributed by atoms with van der Waals surface area (Å²) >= 11 is 5.93. The number of fused-ring (bicyclic) bond motifs is 1. The number of nitrogens with zero attached hydrogens (tertiary/aromatic N) is 3. The van der Waals surface area contributed by atoms with E-state index in [9.17, 15) is 22.4 Å². The number of carboxylic acid groups (broad SMARTS) is 1. The number of benzene rings is 2. The molecule has 5 rings (SSSR count). The number of halogens is 5. The Bertz CT molecular complexity index is 1350. The van der Waals surface area contributed by atoms with E-state index in [0.29, 0.717) is 28.6 Å². The van der Waals surface area contributed by atoms with Crippen LogP contribution in [0, 0.1) is 6.92 Å². The summed E-state index contributed by atoms with van der Waals surface area (Å²) in [6.45, 7) is 2.09. The van der Waals surface area contributed by atoms with Crippen molar-refractivity contribution in [2.24, 2.45) is 0 Å². The van der Waals surface area contributed by atoms with Gasteiger partial charge in [-0.25, -0.2) is 19.2 Å². The van der Waals surface area contributed by atoms with Crippen LogP contribution in [0.15, 0.2) is 54.7 Å². The number of hydrogen-bond acceptors (Lipinski definition) is 5. The minimum atomic E-state index is -5.08. The lowest BCUT2D eigenvalue weighted by atomic mass is 9.94. The van der Waals surface area contributed by atoms with Gasteiger partial charge in [0.1, 0.15) is 17.8 Å². The molecule has 2 aromatic carbocycles. The van der Waals surface area contributed by atoms with Crippen molar-refractivity contribution in [3.05, 3.63) is 82.3 Å². The fraction of sp³-hybridized carbons (Fsp3) is 0.308. The van der Waals surface area contributed by atoms with E-state index >= 15 is 0 Å². The highest BCUT2D eigenvalue weighted by Crippen LogP contribution is 2.47. The normalized spacial score (nSPS) is 17.5. The number of amides is 1. The highest BCUT2D eigenvalue weighted by molar-refractivity contribution is 6.30. The van der Waals surface area contributed by atoms with Crippen LogP contribution in [0.2, 0.25) is 5.02 Å². The second-order valence-corrected chi connectivity index (χ2v) is 9.50. The maximum absolute atomic E-state index is 14.6. The zero-order valence-electron chi connectivity index (χ0n) is 20.1. The molecule has 3 aromatic rings. The zero-order chi connectivity index (χ0) is 27.7. The molecule has 200 valence electrons. The third-order valence-corrected chi connectivity index (χ3v) is 6.49. The fourth-order valence-electron chi connectivity index (χ4n) is 4.22. The molecule has 1 aromatic heterocycles. The molecule has 0 saturated heterocycles. The Morgan fingerprint density at radius 3 is 2.37 bits per heavy atom. The summed E-state index contributed by atoms with van der Waals surface area (Å²) in [5, 5.41) is 10.9. The summed E-state index contributed by atoms with van der Waals surface area (Å²) in [5.41, 5.74) is 3.07. The topological polar surface area (TPSA) is 95.4 Å². The van der Waals surface area contributed by atoms with Gasteiger partial charge < -0.3 is 15.3 Å². The van der Waals surface area contributed by atoms with Crippen LogP contribution in [-0.4, -0.2) is 45.8 Å². The van der Waals surface area contributed by atoms with Gasteiger partial charge in [-0.2, -0.15) is 13.2 Å². The molecule has 38 heavy (non-hydrogen) atoms. The van der Waals surface area contributed by atoms with Gasteiger partial charge in [-0.3, -0.25) is 4.79 Å². The first-order chi connectivity index (χ1) is 17.9. The molecule has 2 aliphatic rings. The standard InChI is InChI=1S/C24H22ClFN4O.C2HF3O2/c1-15-27-11-8-22(28-15)30-14-20(26)13-17-12-18(4-7-21(17)30)24(9-10-24)29-23(31)16-2-5-19(25)6-3-16;3-2(4,5)1(6)7/h2-8,11-12,20H,9-10,13-14H2,1H3,(H,29,31);(H,6,7). The Balaban J connectivity index is 0.000000426. The van der Waals surface area contributed by atoms with E-state index in [1.165, 1.54) is 0 Å². The van der Waals surface area contributed by atoms with Crippen molar-refractivity contribution in [1.29, 1.82) is 0 Å². The summed E-state index contributed by atoms with van der Waals surface area (Å²) in [7, 11) is 0. The van der Waals surface area contributed by atoms with Gasteiger partial charge in [0.25, 0.3) is 5.91 Å². The minimum absolute atomic E-state index is 0.131. The predicted octanol–water partition coefficient (Wildman–Crippen LogP) is 5.52. The van der Waals surface area contributed by atoms with E-state index in [1.807, 2.05) is 30.0 Å². The Morgan fingerprint density at radius 1 is 1.13 bits per heavy atom. The number of aromatic nitrogens is 2. The van der Waals surface area contributed by atoms with Crippen LogP contribution in [0.3, 0.4) is 0 Å². The van der Waals surface area contributed by atoms with Crippen LogP contribution in [-0.2, 0) is 16.8 Å². The molecule has 7 nitrogen and oxygen atoms in total. The van der Waals surface area contributed by atoms with E-state index in [4.69, 9.17) is 21.5 Å². The maximum atomic E-state index is 14.6. The van der Waals surface area contributed by atoms with Crippen molar-refractivity contribution < 1.29 is 32.3 Å². The monoisotopic (exact) mass is 550 g/mol. The average Bonchev–Trinajstić information content (AvgIpc) is 3.64. The van der Waals surface area contributed by atoms with Crippen LogP contribution in [0.5, 0.6) is 0 Å². The minimum Gasteiger partial charge on any atom is -0.475 e. The number of anilines is 2. The van der Waals surface area contributed by atoms with Crippen LogP contribution >= 0.6 is 11.6 Å². The SMILES string of the molecule is Cc1nccc(N2CC(F)Cc3cc(C4(NC(=O)c5ccc(Cl)cc5)CC4)ccc32)n1.O=C(O)C(F)(F)F. The third-order valence-electron chi connectivity index (χ3n) is 6.23. The molecule has 1 saturated carbocycles. The molecule has 1 atom stereocenters. The third kappa shape index (κ3) is 6.21. The van der Waals surface area contributed by atoms with Crippen molar-refractivity contribution in [3.63, 3.8) is 0 Å². The summed E-state index contributed by atoms with van der Waals surface area (Å²) in [6, 6.07) is 14.7. The molecule has 1 aliphatic carbocycles. The number of alkyl halides is 4. The molecule has 1 fully saturated rings. The van der Waals surface area contributed by atoms with Gasteiger partial charge >= 0.3 is 12.1 Å². The molecule has 1 aliphatic heterocycles. The average molecular weight is 551 g/mol. The number of nitrogens with one attached hydrogen (secondary N) is 1. The number of aliphatic carboxylic acids is 1. The lowest BCUT2D eigenvalue weighted by Crippen LogP contribution is -2.36. The Hall–Kier alpha value is -3.73. The second-order valence-electron chi connectivity index (χ2n) is 9.06. The first kappa shape index (κ1) is 27.3. The van der Waals surface area contributed by atoms with Gasteiger partial charge in [0.05, 0.1) is 12.1 Å². The molecule has 0 radical (unpaired) electrons. The Kier molecular flexibility index (Phi) is 7.59. The smallest absolute Gasteiger partial charge is 0.475 e. The quantitative estimate of drug-likeness (QED) is 0.415. The first-order valence-corrected chi connectivity index (χ1v) is 12.0.